The normalized spacial score (nSPS) is 10.4. The van der Waals surface area contributed by atoms with Gasteiger partial charge in [-0.15, -0.1) is 11.4 Å². The van der Waals surface area contributed by atoms with E-state index in [1.165, 1.54) is 12.4 Å². The molecule has 2 aromatic rings. The number of amides is 1. The second-order valence-electron chi connectivity index (χ2n) is 4.60. The maximum atomic E-state index is 11.1. The quantitative estimate of drug-likeness (QED) is 0.458. The first-order chi connectivity index (χ1) is 11.1. The molecule has 0 saturated heterocycles. The minimum Gasteiger partial charge on any atom is -0.656 e. The second-order valence-corrected chi connectivity index (χ2v) is 4.60. The number of pyridine rings is 1. The molecule has 0 bridgehead atoms. The van der Waals surface area contributed by atoms with Gasteiger partial charge in [-0.1, -0.05) is 24.3 Å². The van der Waals surface area contributed by atoms with Crippen molar-refractivity contribution in [3.05, 3.63) is 47.5 Å². The summed E-state index contributed by atoms with van der Waals surface area (Å²) in [5.74, 6) is -0.491. The number of nitrogen functional groups attached to an aromatic ring is 1. The number of primary amides is 1. The summed E-state index contributed by atoms with van der Waals surface area (Å²) in [4.78, 5) is 15.2. The maximum Gasteiger partial charge on any atom is 0.223 e. The third-order valence-corrected chi connectivity index (χ3v) is 2.75. The van der Waals surface area contributed by atoms with Gasteiger partial charge < -0.3 is 22.2 Å². The van der Waals surface area contributed by atoms with Gasteiger partial charge in [0.05, 0.1) is 18.3 Å². The lowest BCUT2D eigenvalue weighted by molar-refractivity contribution is -0.117. The van der Waals surface area contributed by atoms with E-state index in [-0.39, 0.29) is 6.42 Å². The van der Waals surface area contributed by atoms with E-state index in [4.69, 9.17) is 16.9 Å². The van der Waals surface area contributed by atoms with Gasteiger partial charge in [-0.05, 0) is 6.07 Å². The van der Waals surface area contributed by atoms with Crippen LogP contribution in [0.3, 0.4) is 0 Å². The van der Waals surface area contributed by atoms with Gasteiger partial charge in [-0.25, -0.2) is 0 Å². The van der Waals surface area contributed by atoms with Gasteiger partial charge in [0.15, 0.2) is 0 Å². The van der Waals surface area contributed by atoms with Crippen molar-refractivity contribution in [1.82, 2.24) is 4.98 Å². The van der Waals surface area contributed by atoms with Crippen LogP contribution >= 0.6 is 0 Å². The SMILES string of the molecule is N=C/C=N\Nc1cccc([N-]c2cc(N)cnc2CC(N)=O)c1. The summed E-state index contributed by atoms with van der Waals surface area (Å²) >= 11 is 0. The summed E-state index contributed by atoms with van der Waals surface area (Å²) < 4.78 is 0. The predicted molar refractivity (Wildman–Crippen MR) is 91.6 cm³/mol. The van der Waals surface area contributed by atoms with Crippen molar-refractivity contribution in [3.8, 4) is 0 Å². The molecule has 0 aliphatic rings. The van der Waals surface area contributed by atoms with Crippen molar-refractivity contribution >= 4 is 41.1 Å². The van der Waals surface area contributed by atoms with E-state index in [0.29, 0.717) is 28.4 Å². The fourth-order valence-electron chi connectivity index (χ4n) is 1.83. The molecule has 1 amide bonds. The third kappa shape index (κ3) is 4.81. The first-order valence-electron chi connectivity index (χ1n) is 6.71. The minimum atomic E-state index is -0.491. The van der Waals surface area contributed by atoms with E-state index in [0.717, 1.165) is 6.21 Å². The molecule has 1 heterocycles. The Hall–Kier alpha value is -3.42. The molecule has 8 nitrogen and oxygen atoms in total. The number of nitrogens with one attached hydrogen (secondary N) is 2. The molecule has 0 radical (unpaired) electrons. The van der Waals surface area contributed by atoms with Gasteiger partial charge >= 0.3 is 0 Å². The third-order valence-electron chi connectivity index (χ3n) is 2.75. The number of rotatable bonds is 7. The van der Waals surface area contributed by atoms with Crippen LogP contribution in [0.15, 0.2) is 41.6 Å². The van der Waals surface area contributed by atoms with Crippen LogP contribution in [0.5, 0.6) is 0 Å². The fraction of sp³-hybridized carbons (Fsp3) is 0.0667. The van der Waals surface area contributed by atoms with Crippen LogP contribution in [0.4, 0.5) is 22.7 Å². The molecule has 23 heavy (non-hydrogen) atoms. The smallest absolute Gasteiger partial charge is 0.223 e. The summed E-state index contributed by atoms with van der Waals surface area (Å²) in [5, 5.41) is 15.2. The van der Waals surface area contributed by atoms with Crippen LogP contribution in [0, 0.1) is 5.41 Å². The summed E-state index contributed by atoms with van der Waals surface area (Å²) in [6, 6.07) is 8.80. The van der Waals surface area contributed by atoms with E-state index < -0.39 is 5.91 Å². The Morgan fingerprint density at radius 1 is 1.43 bits per heavy atom. The zero-order valence-corrected chi connectivity index (χ0v) is 12.2. The van der Waals surface area contributed by atoms with Crippen molar-refractivity contribution in [2.45, 2.75) is 6.42 Å². The summed E-state index contributed by atoms with van der Waals surface area (Å²) in [5.41, 5.74) is 16.5. The average Bonchev–Trinajstić information content (AvgIpc) is 2.50. The van der Waals surface area contributed by atoms with Crippen molar-refractivity contribution in [1.29, 1.82) is 5.41 Å². The molecule has 6 N–H and O–H groups in total. The highest BCUT2D eigenvalue weighted by molar-refractivity contribution is 6.14. The lowest BCUT2D eigenvalue weighted by Crippen LogP contribution is -2.14. The predicted octanol–water partition coefficient (Wildman–Crippen LogP) is 2.08. The lowest BCUT2D eigenvalue weighted by atomic mass is 10.2. The topological polar surface area (TPSA) is 144 Å². The summed E-state index contributed by atoms with van der Waals surface area (Å²) in [6.07, 6.45) is 3.83. The number of nitrogens with two attached hydrogens (primary N) is 2. The van der Waals surface area contributed by atoms with E-state index in [1.807, 2.05) is 6.07 Å². The molecule has 0 aliphatic heterocycles. The highest BCUT2D eigenvalue weighted by Gasteiger charge is 2.02. The minimum absolute atomic E-state index is 0.0132. The number of benzene rings is 1. The molecule has 1 aromatic heterocycles. The van der Waals surface area contributed by atoms with Gasteiger partial charge in [-0.3, -0.25) is 15.2 Å². The van der Waals surface area contributed by atoms with Gasteiger partial charge in [0.1, 0.15) is 0 Å². The Morgan fingerprint density at radius 3 is 3.00 bits per heavy atom. The second kappa shape index (κ2) is 7.55. The summed E-state index contributed by atoms with van der Waals surface area (Å²) in [6.45, 7) is 0. The lowest BCUT2D eigenvalue weighted by Gasteiger charge is -2.25. The first kappa shape index (κ1) is 16.0. The van der Waals surface area contributed by atoms with Gasteiger partial charge in [0.25, 0.3) is 0 Å². The number of hydrazone groups is 1. The zero-order valence-electron chi connectivity index (χ0n) is 12.2. The highest BCUT2D eigenvalue weighted by atomic mass is 16.1. The molecule has 1 aromatic carbocycles. The van der Waals surface area contributed by atoms with Crippen molar-refractivity contribution in [2.24, 2.45) is 10.8 Å². The monoisotopic (exact) mass is 310 g/mol. The highest BCUT2D eigenvalue weighted by Crippen LogP contribution is 2.34. The fourth-order valence-corrected chi connectivity index (χ4v) is 1.83. The van der Waals surface area contributed by atoms with Crippen LogP contribution in [-0.2, 0) is 11.2 Å². The molecule has 0 fully saturated rings. The maximum absolute atomic E-state index is 11.1. The van der Waals surface area contributed by atoms with Crippen LogP contribution in [0.1, 0.15) is 5.69 Å². The first-order valence-corrected chi connectivity index (χ1v) is 6.71. The molecule has 0 atom stereocenters. The largest absolute Gasteiger partial charge is 0.656 e. The van der Waals surface area contributed by atoms with Crippen LogP contribution in [0.2, 0.25) is 0 Å². The van der Waals surface area contributed by atoms with E-state index in [9.17, 15) is 4.79 Å². The zero-order chi connectivity index (χ0) is 16.7. The van der Waals surface area contributed by atoms with Crippen molar-refractivity contribution in [3.63, 3.8) is 0 Å². The molecule has 0 spiro atoms. The molecule has 8 heteroatoms. The van der Waals surface area contributed by atoms with Gasteiger partial charge in [0.2, 0.25) is 5.91 Å². The molecular weight excluding hydrogens is 294 g/mol. The molecule has 2 rings (SSSR count). The molecule has 118 valence electrons. The van der Waals surface area contributed by atoms with E-state index in [1.54, 1.807) is 24.3 Å². The molecular formula is C15H16N7O-. The number of hydrogen-bond acceptors (Lipinski definition) is 6. The molecule has 0 unspecified atom stereocenters. The Labute approximate surface area is 133 Å². The molecule has 0 aliphatic carbocycles. The van der Waals surface area contributed by atoms with Crippen LogP contribution in [0.25, 0.3) is 5.32 Å². The van der Waals surface area contributed by atoms with Crippen LogP contribution in [-0.4, -0.2) is 23.3 Å². The number of aromatic nitrogens is 1. The molecule has 0 saturated carbocycles. The Morgan fingerprint density at radius 2 is 2.26 bits per heavy atom. The number of carbonyl (C=O) groups excluding carboxylic acids is 1. The number of anilines is 2. The Balaban J connectivity index is 2.23. The van der Waals surface area contributed by atoms with E-state index in [2.05, 4.69) is 20.8 Å². The Kier molecular flexibility index (Phi) is 5.24. The number of hydrogen-bond donors (Lipinski definition) is 4. The Bertz CT molecular complexity index is 742. The van der Waals surface area contributed by atoms with Crippen molar-refractivity contribution in [2.75, 3.05) is 11.2 Å². The van der Waals surface area contributed by atoms with Crippen LogP contribution < -0.4 is 16.9 Å². The van der Waals surface area contributed by atoms with Gasteiger partial charge in [0, 0.05) is 23.8 Å². The van der Waals surface area contributed by atoms with Crippen molar-refractivity contribution < 1.29 is 4.79 Å². The van der Waals surface area contributed by atoms with E-state index >= 15 is 0 Å². The van der Waals surface area contributed by atoms with Gasteiger partial charge in [-0.2, -0.15) is 5.10 Å². The number of carbonyl (C=O) groups is 1. The summed E-state index contributed by atoms with van der Waals surface area (Å²) in [7, 11) is 0. The standard InChI is InChI=1S/C15H16N7O/c16-4-5-20-22-12-3-1-2-11(7-12)21-14-6-10(17)9-19-13(14)8-15(18)23/h1-7,9H,8,17H2,(H2,16,22)(H2,18,23)/q-1. The average molecular weight is 310 g/mol. The number of nitrogens with zero attached hydrogens (tertiary/aromatic N) is 3.